The van der Waals surface area contributed by atoms with E-state index in [1.54, 1.807) is 18.2 Å². The largest absolute Gasteiger partial charge is 0.479 e. The Kier molecular flexibility index (Phi) is 4.26. The summed E-state index contributed by atoms with van der Waals surface area (Å²) >= 11 is 5.90. The molecule has 1 aliphatic heterocycles. The van der Waals surface area contributed by atoms with Crippen molar-refractivity contribution in [3.8, 4) is 5.75 Å². The molecule has 0 spiro atoms. The number of hydrogen-bond acceptors (Lipinski definition) is 4. The molecule has 2 fully saturated rings. The predicted molar refractivity (Wildman–Crippen MR) is 92.5 cm³/mol. The molecule has 4 rings (SSSR count). The van der Waals surface area contributed by atoms with Crippen LogP contribution in [0.4, 0.5) is 4.79 Å². The first-order chi connectivity index (χ1) is 12.4. The van der Waals surface area contributed by atoms with Crippen LogP contribution < -0.4 is 15.4 Å². The molecule has 8 heteroatoms. The van der Waals surface area contributed by atoms with Crippen LogP contribution in [0, 0.1) is 11.8 Å². The number of carbonyl (C=O) groups is 3. The smallest absolute Gasteiger partial charge is 0.404 e. The fraction of sp³-hybridized carbons (Fsp3) is 0.500. The van der Waals surface area contributed by atoms with E-state index in [-0.39, 0.29) is 42.0 Å². The van der Waals surface area contributed by atoms with Crippen molar-refractivity contribution in [3.63, 3.8) is 0 Å². The molecule has 2 bridgehead atoms. The van der Waals surface area contributed by atoms with E-state index in [0.29, 0.717) is 16.3 Å². The first-order valence-electron chi connectivity index (χ1n) is 8.70. The molecule has 7 nitrogen and oxygen atoms in total. The van der Waals surface area contributed by atoms with Crippen LogP contribution in [0.1, 0.15) is 36.0 Å². The fourth-order valence-corrected chi connectivity index (χ4v) is 4.68. The molecule has 2 saturated carbocycles. The van der Waals surface area contributed by atoms with Crippen LogP contribution in [0.3, 0.4) is 0 Å². The summed E-state index contributed by atoms with van der Waals surface area (Å²) in [6, 6.07) is 4.76. The number of halogens is 1. The number of carboxylic acid groups (broad SMARTS) is 1. The Hall–Kier alpha value is -2.28. The van der Waals surface area contributed by atoms with E-state index in [4.69, 9.17) is 21.4 Å². The van der Waals surface area contributed by atoms with Crippen LogP contribution in [0.2, 0.25) is 5.02 Å². The number of ether oxygens (including phenoxy) is 1. The molecule has 2 aliphatic carbocycles. The minimum absolute atomic E-state index is 0.00432. The van der Waals surface area contributed by atoms with Crippen LogP contribution in [0.25, 0.3) is 0 Å². The molecule has 3 aliphatic rings. The summed E-state index contributed by atoms with van der Waals surface area (Å²) in [5.74, 6) is 0.431. The van der Waals surface area contributed by atoms with Crippen molar-refractivity contribution in [3.05, 3.63) is 28.8 Å². The summed E-state index contributed by atoms with van der Waals surface area (Å²) in [6.07, 6.45) is 0.520. The first-order valence-corrected chi connectivity index (χ1v) is 9.07. The molecule has 3 N–H and O–H groups in total. The van der Waals surface area contributed by atoms with Crippen molar-refractivity contribution in [1.29, 1.82) is 0 Å². The normalized spacial score (nSPS) is 31.9. The minimum Gasteiger partial charge on any atom is -0.479 e. The third-order valence-electron chi connectivity index (χ3n) is 5.67. The second-order valence-electron chi connectivity index (χ2n) is 7.27. The van der Waals surface area contributed by atoms with Gasteiger partial charge in [0.15, 0.2) is 11.9 Å². The number of Topliss-reactive ketones (excluding diaryl/α,β-unsaturated/α-hetero) is 1. The highest BCUT2D eigenvalue weighted by atomic mass is 35.5. The Morgan fingerprint density at radius 3 is 2.46 bits per heavy atom. The van der Waals surface area contributed by atoms with Gasteiger partial charge in [0, 0.05) is 17.1 Å². The number of rotatable bonds is 3. The number of nitrogens with one attached hydrogen (secondary N) is 2. The summed E-state index contributed by atoms with van der Waals surface area (Å²) < 4.78 is 5.70. The van der Waals surface area contributed by atoms with Gasteiger partial charge < -0.3 is 20.5 Å². The van der Waals surface area contributed by atoms with Crippen LogP contribution in [-0.4, -0.2) is 41.1 Å². The van der Waals surface area contributed by atoms with E-state index in [1.807, 2.05) is 0 Å². The molecule has 1 aromatic rings. The van der Waals surface area contributed by atoms with Gasteiger partial charge >= 0.3 is 6.09 Å². The Morgan fingerprint density at radius 2 is 1.81 bits per heavy atom. The van der Waals surface area contributed by atoms with Crippen molar-refractivity contribution in [1.82, 2.24) is 10.6 Å². The lowest BCUT2D eigenvalue weighted by Crippen LogP contribution is -2.50. The molecule has 2 amide bonds. The molecule has 138 valence electrons. The maximum Gasteiger partial charge on any atom is 0.404 e. The number of hydrogen-bond donors (Lipinski definition) is 3. The van der Waals surface area contributed by atoms with Gasteiger partial charge in [0.1, 0.15) is 5.75 Å². The highest BCUT2D eigenvalue weighted by molar-refractivity contribution is 6.31. The number of ketones is 1. The fourth-order valence-electron chi connectivity index (χ4n) is 4.51. The average Bonchev–Trinajstić information content (AvgIpc) is 3.14. The zero-order valence-electron chi connectivity index (χ0n) is 13.9. The predicted octanol–water partition coefficient (Wildman–Crippen LogP) is 2.22. The van der Waals surface area contributed by atoms with Gasteiger partial charge in [0.05, 0.1) is 12.0 Å². The first kappa shape index (κ1) is 17.1. The number of carbonyl (C=O) groups excluding carboxylic acids is 2. The van der Waals surface area contributed by atoms with Gasteiger partial charge in [-0.15, -0.1) is 0 Å². The average molecular weight is 379 g/mol. The van der Waals surface area contributed by atoms with Crippen molar-refractivity contribution < 1.29 is 24.2 Å². The monoisotopic (exact) mass is 378 g/mol. The van der Waals surface area contributed by atoms with Gasteiger partial charge in [0.2, 0.25) is 0 Å². The number of benzene rings is 1. The summed E-state index contributed by atoms with van der Waals surface area (Å²) in [5.41, 5.74) is 0.407. The Labute approximate surface area is 155 Å². The van der Waals surface area contributed by atoms with E-state index in [1.165, 1.54) is 0 Å². The molecule has 0 unspecified atom stereocenters. The number of amides is 2. The third-order valence-corrected chi connectivity index (χ3v) is 5.90. The molecular weight excluding hydrogens is 360 g/mol. The van der Waals surface area contributed by atoms with E-state index in [0.717, 1.165) is 19.3 Å². The molecule has 1 aromatic carbocycles. The zero-order chi connectivity index (χ0) is 18.4. The highest BCUT2D eigenvalue weighted by Crippen LogP contribution is 2.45. The summed E-state index contributed by atoms with van der Waals surface area (Å²) in [7, 11) is 0. The minimum atomic E-state index is -1.00. The van der Waals surface area contributed by atoms with E-state index < -0.39 is 12.2 Å². The van der Waals surface area contributed by atoms with Gasteiger partial charge in [-0.2, -0.15) is 0 Å². The summed E-state index contributed by atoms with van der Waals surface area (Å²) in [6.45, 7) is 0. The standard InChI is InChI=1S/C18H19ClN2O5/c19-10-1-2-15-11(6-10)14(22)7-16(26-15)17(23)20-12-4-9-3-8(12)5-13(9)21-18(24)25/h1-2,6,8-9,12-13,16,21H,3-5,7H2,(H,20,23)(H,24,25)/t8-,9-,12+,13+,16-/m1/s1. The molecule has 26 heavy (non-hydrogen) atoms. The topological polar surface area (TPSA) is 105 Å². The molecule has 5 atom stereocenters. The van der Waals surface area contributed by atoms with Crippen molar-refractivity contribution in [2.24, 2.45) is 11.8 Å². The summed E-state index contributed by atoms with van der Waals surface area (Å²) in [4.78, 5) is 35.7. The van der Waals surface area contributed by atoms with Crippen molar-refractivity contribution in [2.75, 3.05) is 0 Å². The van der Waals surface area contributed by atoms with Crippen molar-refractivity contribution >= 4 is 29.4 Å². The van der Waals surface area contributed by atoms with Gasteiger partial charge in [-0.25, -0.2) is 4.79 Å². The second kappa shape index (κ2) is 6.46. The lowest BCUT2D eigenvalue weighted by molar-refractivity contribution is -0.129. The van der Waals surface area contributed by atoms with Gasteiger partial charge in [0.25, 0.3) is 5.91 Å². The molecular formula is C18H19ClN2O5. The van der Waals surface area contributed by atoms with Crippen LogP contribution in [0.15, 0.2) is 18.2 Å². The Balaban J connectivity index is 1.38. The third kappa shape index (κ3) is 3.11. The van der Waals surface area contributed by atoms with Crippen LogP contribution in [-0.2, 0) is 4.79 Å². The second-order valence-corrected chi connectivity index (χ2v) is 7.71. The molecule has 0 saturated heterocycles. The zero-order valence-corrected chi connectivity index (χ0v) is 14.7. The summed E-state index contributed by atoms with van der Waals surface area (Å²) in [5, 5.41) is 14.9. The number of fused-ring (bicyclic) bond motifs is 3. The Morgan fingerprint density at radius 1 is 1.12 bits per heavy atom. The molecule has 0 radical (unpaired) electrons. The highest BCUT2D eigenvalue weighted by Gasteiger charge is 2.47. The quantitative estimate of drug-likeness (QED) is 0.748. The van der Waals surface area contributed by atoms with E-state index >= 15 is 0 Å². The van der Waals surface area contributed by atoms with E-state index in [9.17, 15) is 14.4 Å². The maximum absolute atomic E-state index is 12.6. The molecule has 0 aromatic heterocycles. The Bertz CT molecular complexity index is 783. The van der Waals surface area contributed by atoms with Gasteiger partial charge in [-0.1, -0.05) is 11.6 Å². The lowest BCUT2D eigenvalue weighted by atomic mass is 9.91. The van der Waals surface area contributed by atoms with Gasteiger partial charge in [-0.3, -0.25) is 9.59 Å². The lowest BCUT2D eigenvalue weighted by Gasteiger charge is -2.30. The van der Waals surface area contributed by atoms with Crippen LogP contribution >= 0.6 is 11.6 Å². The van der Waals surface area contributed by atoms with Gasteiger partial charge in [-0.05, 0) is 49.3 Å². The molecule has 1 heterocycles. The maximum atomic E-state index is 12.6. The van der Waals surface area contributed by atoms with E-state index in [2.05, 4.69) is 10.6 Å². The van der Waals surface area contributed by atoms with Crippen molar-refractivity contribution in [2.45, 2.75) is 43.9 Å². The SMILES string of the molecule is O=C(O)N[C@H]1C[C@H]2C[C@@H]1C[C@@H]2NC(=O)[C@H]1CC(=O)c2cc(Cl)ccc2O1. The van der Waals surface area contributed by atoms with Crippen LogP contribution in [0.5, 0.6) is 5.75 Å².